The Balaban J connectivity index is 1.60. The number of hydrogen-bond donors (Lipinski definition) is 2. The van der Waals surface area contributed by atoms with Crippen molar-refractivity contribution in [1.29, 1.82) is 0 Å². The smallest absolute Gasteiger partial charge is 0.270 e. The number of amides is 2. The number of aryl methyl sites for hydroxylation is 1. The molecule has 0 bridgehead atoms. The summed E-state index contributed by atoms with van der Waals surface area (Å²) < 4.78 is 5.16. The maximum atomic E-state index is 12.3. The molecule has 0 saturated heterocycles. The predicted molar refractivity (Wildman–Crippen MR) is 96.5 cm³/mol. The minimum Gasteiger partial charge on any atom is -0.467 e. The van der Waals surface area contributed by atoms with Crippen LogP contribution in [0, 0.1) is 6.92 Å². The van der Waals surface area contributed by atoms with Gasteiger partial charge in [0.2, 0.25) is 0 Å². The topological polar surface area (TPSA) is 84.2 Å². The van der Waals surface area contributed by atoms with Gasteiger partial charge < -0.3 is 15.1 Å². The van der Waals surface area contributed by atoms with Crippen molar-refractivity contribution in [2.75, 3.05) is 0 Å². The number of nitrogens with zero attached hydrogens (tertiary/aromatic N) is 1. The number of benzene rings is 1. The molecule has 0 radical (unpaired) electrons. The summed E-state index contributed by atoms with van der Waals surface area (Å²) in [5.74, 6) is -0.0488. The molecular formula is C20H19N3O3. The van der Waals surface area contributed by atoms with Crippen LogP contribution in [0.4, 0.5) is 0 Å². The second kappa shape index (κ2) is 8.11. The normalized spacial score (nSPS) is 10.3. The molecule has 6 heteroatoms. The summed E-state index contributed by atoms with van der Waals surface area (Å²) in [5.41, 5.74) is 2.51. The summed E-state index contributed by atoms with van der Waals surface area (Å²) in [4.78, 5) is 28.6. The third-order valence-corrected chi connectivity index (χ3v) is 3.75. The highest BCUT2D eigenvalue weighted by molar-refractivity contribution is 5.96. The molecule has 2 N–H and O–H groups in total. The number of rotatable bonds is 6. The van der Waals surface area contributed by atoms with E-state index >= 15 is 0 Å². The zero-order valence-electron chi connectivity index (χ0n) is 14.4. The van der Waals surface area contributed by atoms with Gasteiger partial charge in [-0.05, 0) is 36.8 Å². The molecule has 26 heavy (non-hydrogen) atoms. The van der Waals surface area contributed by atoms with Gasteiger partial charge in [-0.25, -0.2) is 4.98 Å². The minimum absolute atomic E-state index is 0.180. The predicted octanol–water partition coefficient (Wildman–Crippen LogP) is 2.84. The number of nitrogens with one attached hydrogen (secondary N) is 2. The molecule has 0 saturated carbocycles. The van der Waals surface area contributed by atoms with Crippen LogP contribution in [0.15, 0.2) is 65.3 Å². The van der Waals surface area contributed by atoms with Crippen molar-refractivity contribution >= 4 is 11.8 Å². The Labute approximate surface area is 151 Å². The molecule has 6 nitrogen and oxygen atoms in total. The lowest BCUT2D eigenvalue weighted by Crippen LogP contribution is -2.27. The van der Waals surface area contributed by atoms with E-state index in [2.05, 4.69) is 15.6 Å². The van der Waals surface area contributed by atoms with E-state index in [4.69, 9.17) is 4.42 Å². The molecule has 2 heterocycles. The number of carbonyl (C=O) groups is 2. The van der Waals surface area contributed by atoms with Crippen LogP contribution in [0.5, 0.6) is 0 Å². The highest BCUT2D eigenvalue weighted by atomic mass is 16.3. The van der Waals surface area contributed by atoms with Crippen LogP contribution in [0.1, 0.15) is 37.9 Å². The van der Waals surface area contributed by atoms with Crippen LogP contribution in [0.25, 0.3) is 0 Å². The van der Waals surface area contributed by atoms with Gasteiger partial charge in [-0.15, -0.1) is 0 Å². The molecule has 0 unspecified atom stereocenters. The van der Waals surface area contributed by atoms with E-state index in [9.17, 15) is 9.59 Å². The first-order valence-corrected chi connectivity index (χ1v) is 8.23. The van der Waals surface area contributed by atoms with Crippen LogP contribution < -0.4 is 10.6 Å². The van der Waals surface area contributed by atoms with Crippen LogP contribution >= 0.6 is 0 Å². The van der Waals surface area contributed by atoms with E-state index in [1.165, 1.54) is 0 Å². The van der Waals surface area contributed by atoms with E-state index in [-0.39, 0.29) is 29.7 Å². The van der Waals surface area contributed by atoms with Crippen molar-refractivity contribution in [3.63, 3.8) is 0 Å². The van der Waals surface area contributed by atoms with Crippen LogP contribution in [-0.2, 0) is 13.1 Å². The third-order valence-electron chi connectivity index (χ3n) is 3.75. The molecule has 132 valence electrons. The summed E-state index contributed by atoms with van der Waals surface area (Å²) in [6, 6.07) is 16.2. The molecule has 1 aromatic carbocycles. The standard InChI is InChI=1S/C20H19N3O3/c1-14-5-2-6-15(11-14)12-21-19(24)17-8-3-9-18(23-17)20(25)22-13-16-7-4-10-26-16/h2-11H,12-13H2,1H3,(H,21,24)(H,22,25). The molecular weight excluding hydrogens is 330 g/mol. The number of aromatic nitrogens is 1. The van der Waals surface area contributed by atoms with Crippen molar-refractivity contribution in [2.24, 2.45) is 0 Å². The Morgan fingerprint density at radius 2 is 1.62 bits per heavy atom. The second-order valence-corrected chi connectivity index (χ2v) is 5.84. The molecule has 3 aromatic rings. The lowest BCUT2D eigenvalue weighted by molar-refractivity contribution is 0.0939. The largest absolute Gasteiger partial charge is 0.467 e. The first-order valence-electron chi connectivity index (χ1n) is 8.23. The third kappa shape index (κ3) is 4.57. The average molecular weight is 349 g/mol. The number of pyridine rings is 1. The second-order valence-electron chi connectivity index (χ2n) is 5.84. The quantitative estimate of drug-likeness (QED) is 0.717. The fourth-order valence-corrected chi connectivity index (χ4v) is 2.45. The molecule has 2 amide bonds. The van der Waals surface area contributed by atoms with Gasteiger partial charge in [-0.3, -0.25) is 9.59 Å². The highest BCUT2D eigenvalue weighted by Crippen LogP contribution is 2.05. The Kier molecular flexibility index (Phi) is 5.43. The Bertz CT molecular complexity index is 904. The summed E-state index contributed by atoms with van der Waals surface area (Å²) >= 11 is 0. The average Bonchev–Trinajstić information content (AvgIpc) is 3.18. The molecule has 0 fully saturated rings. The van der Waals surface area contributed by atoms with E-state index in [1.807, 2.05) is 31.2 Å². The zero-order valence-corrected chi connectivity index (χ0v) is 14.4. The van der Waals surface area contributed by atoms with E-state index in [1.54, 1.807) is 36.6 Å². The summed E-state index contributed by atoms with van der Waals surface area (Å²) in [6.45, 7) is 2.66. The molecule has 0 spiro atoms. The van der Waals surface area contributed by atoms with Crippen molar-refractivity contribution in [1.82, 2.24) is 15.6 Å². The molecule has 0 aliphatic rings. The molecule has 0 aliphatic carbocycles. The monoisotopic (exact) mass is 349 g/mol. The van der Waals surface area contributed by atoms with Gasteiger partial charge in [-0.2, -0.15) is 0 Å². The van der Waals surface area contributed by atoms with Crippen LogP contribution in [-0.4, -0.2) is 16.8 Å². The van der Waals surface area contributed by atoms with E-state index < -0.39 is 0 Å². The molecule has 0 atom stereocenters. The van der Waals surface area contributed by atoms with Crippen LogP contribution in [0.3, 0.4) is 0 Å². The maximum absolute atomic E-state index is 12.3. The number of carbonyl (C=O) groups excluding carboxylic acids is 2. The summed E-state index contributed by atoms with van der Waals surface area (Å²) in [7, 11) is 0. The first kappa shape index (κ1) is 17.4. The Morgan fingerprint density at radius 3 is 2.27 bits per heavy atom. The van der Waals surface area contributed by atoms with Crippen molar-refractivity contribution in [3.05, 3.63) is 89.1 Å². The summed E-state index contributed by atoms with van der Waals surface area (Å²) in [6.07, 6.45) is 1.54. The highest BCUT2D eigenvalue weighted by Gasteiger charge is 2.12. The number of furan rings is 1. The maximum Gasteiger partial charge on any atom is 0.270 e. The Hall–Kier alpha value is -3.41. The molecule has 0 aliphatic heterocycles. The zero-order chi connectivity index (χ0) is 18.4. The van der Waals surface area contributed by atoms with Crippen molar-refractivity contribution in [2.45, 2.75) is 20.0 Å². The van der Waals surface area contributed by atoms with Gasteiger partial charge in [0.1, 0.15) is 17.1 Å². The van der Waals surface area contributed by atoms with Gasteiger partial charge in [0.25, 0.3) is 11.8 Å². The van der Waals surface area contributed by atoms with Crippen LogP contribution in [0.2, 0.25) is 0 Å². The van der Waals surface area contributed by atoms with Gasteiger partial charge in [0.15, 0.2) is 0 Å². The first-order chi connectivity index (χ1) is 12.6. The Morgan fingerprint density at radius 1 is 0.923 bits per heavy atom. The van der Waals surface area contributed by atoms with Gasteiger partial charge in [0, 0.05) is 6.54 Å². The molecule has 3 rings (SSSR count). The van der Waals surface area contributed by atoms with Gasteiger partial charge in [0.05, 0.1) is 12.8 Å². The molecule has 2 aromatic heterocycles. The lowest BCUT2D eigenvalue weighted by atomic mass is 10.1. The number of hydrogen-bond acceptors (Lipinski definition) is 4. The lowest BCUT2D eigenvalue weighted by Gasteiger charge is -2.07. The van der Waals surface area contributed by atoms with Gasteiger partial charge >= 0.3 is 0 Å². The fraction of sp³-hybridized carbons (Fsp3) is 0.150. The minimum atomic E-state index is -0.366. The van der Waals surface area contributed by atoms with Crippen molar-refractivity contribution in [3.8, 4) is 0 Å². The van der Waals surface area contributed by atoms with Crippen molar-refractivity contribution < 1.29 is 14.0 Å². The van der Waals surface area contributed by atoms with E-state index in [0.29, 0.717) is 12.3 Å². The van der Waals surface area contributed by atoms with Gasteiger partial charge in [-0.1, -0.05) is 35.9 Å². The summed E-state index contributed by atoms with van der Waals surface area (Å²) in [5, 5.41) is 5.52. The fourth-order valence-electron chi connectivity index (χ4n) is 2.45. The SMILES string of the molecule is Cc1cccc(CNC(=O)c2cccc(C(=O)NCc3ccco3)n2)c1. The van der Waals surface area contributed by atoms with E-state index in [0.717, 1.165) is 11.1 Å².